The Balaban J connectivity index is 1.70. The second-order valence-electron chi connectivity index (χ2n) is 7.89. The van der Waals surface area contributed by atoms with Crippen LogP contribution in [0.2, 0.25) is 0 Å². The number of carbonyl (C=O) groups is 1. The average molecular weight is 377 g/mol. The largest absolute Gasteiger partial charge is 0.335 e. The van der Waals surface area contributed by atoms with Crippen molar-refractivity contribution in [3.8, 4) is 0 Å². The van der Waals surface area contributed by atoms with Gasteiger partial charge in [0.2, 0.25) is 0 Å². The number of pyridine rings is 1. The molecule has 1 saturated carbocycles. The Morgan fingerprint density at radius 3 is 2.61 bits per heavy atom. The molecule has 1 fully saturated rings. The van der Waals surface area contributed by atoms with E-state index in [0.717, 1.165) is 53.8 Å². The number of aryl methyl sites for hydroxylation is 3. The molecule has 1 aliphatic carbocycles. The monoisotopic (exact) mass is 376 g/mol. The molecule has 0 atom stereocenters. The van der Waals surface area contributed by atoms with E-state index in [0.29, 0.717) is 6.04 Å². The molecule has 0 bridgehead atoms. The Morgan fingerprint density at radius 2 is 1.89 bits per heavy atom. The number of hydrogen-bond acceptors (Lipinski definition) is 3. The lowest BCUT2D eigenvalue weighted by molar-refractivity contribution is 0.0686. The lowest BCUT2D eigenvalue weighted by Crippen LogP contribution is -2.40. The summed E-state index contributed by atoms with van der Waals surface area (Å²) in [5.41, 5.74) is 4.52. The standard InChI is InChI=1S/C23H28N4O/c1-16-15-20(21-17(2)25-26(3)22(21)24-16)23(28)27(19-11-7-8-12-19)14-13-18-9-5-4-6-10-18/h4-6,9-10,15,19H,7-8,11-14H2,1-3H3. The Morgan fingerprint density at radius 1 is 1.18 bits per heavy atom. The zero-order chi connectivity index (χ0) is 19.7. The van der Waals surface area contributed by atoms with E-state index >= 15 is 0 Å². The molecule has 146 valence electrons. The first kappa shape index (κ1) is 18.7. The van der Waals surface area contributed by atoms with Crippen molar-refractivity contribution in [2.24, 2.45) is 7.05 Å². The SMILES string of the molecule is Cc1cc(C(=O)N(CCc2ccccc2)C2CCCC2)c2c(C)nn(C)c2n1. The minimum atomic E-state index is 0.120. The Labute approximate surface area is 166 Å². The topological polar surface area (TPSA) is 51.0 Å². The normalized spacial score (nSPS) is 14.7. The third kappa shape index (κ3) is 3.53. The van der Waals surface area contributed by atoms with E-state index in [2.05, 4.69) is 39.2 Å². The third-order valence-corrected chi connectivity index (χ3v) is 5.84. The van der Waals surface area contributed by atoms with Gasteiger partial charge in [0.15, 0.2) is 5.65 Å². The molecule has 5 heteroatoms. The van der Waals surface area contributed by atoms with Crippen LogP contribution in [0.25, 0.3) is 11.0 Å². The fourth-order valence-corrected chi connectivity index (χ4v) is 4.45. The van der Waals surface area contributed by atoms with Gasteiger partial charge in [0.1, 0.15) is 0 Å². The van der Waals surface area contributed by atoms with Crippen LogP contribution in [0.15, 0.2) is 36.4 Å². The highest BCUT2D eigenvalue weighted by molar-refractivity contribution is 6.06. The number of aromatic nitrogens is 3. The Hall–Kier alpha value is -2.69. The van der Waals surface area contributed by atoms with Crippen molar-refractivity contribution in [2.75, 3.05) is 6.54 Å². The Bertz CT molecular complexity index is 987. The van der Waals surface area contributed by atoms with Crippen molar-refractivity contribution in [1.29, 1.82) is 0 Å². The number of benzene rings is 1. The number of amides is 1. The molecular formula is C23H28N4O. The average Bonchev–Trinajstić information content (AvgIpc) is 3.31. The summed E-state index contributed by atoms with van der Waals surface area (Å²) in [7, 11) is 1.89. The third-order valence-electron chi connectivity index (χ3n) is 5.84. The quantitative estimate of drug-likeness (QED) is 0.670. The summed E-state index contributed by atoms with van der Waals surface area (Å²) >= 11 is 0. The summed E-state index contributed by atoms with van der Waals surface area (Å²) in [6.45, 7) is 4.65. The van der Waals surface area contributed by atoms with Crippen molar-refractivity contribution in [1.82, 2.24) is 19.7 Å². The minimum Gasteiger partial charge on any atom is -0.335 e. The van der Waals surface area contributed by atoms with Gasteiger partial charge in [0, 0.05) is 25.3 Å². The van der Waals surface area contributed by atoms with Gasteiger partial charge in [-0.2, -0.15) is 5.10 Å². The number of hydrogen-bond donors (Lipinski definition) is 0. The fraction of sp³-hybridized carbons (Fsp3) is 0.435. The lowest BCUT2D eigenvalue weighted by atomic mass is 10.0. The van der Waals surface area contributed by atoms with E-state index in [-0.39, 0.29) is 5.91 Å². The highest BCUT2D eigenvalue weighted by atomic mass is 16.2. The predicted molar refractivity (Wildman–Crippen MR) is 111 cm³/mol. The molecule has 2 heterocycles. The van der Waals surface area contributed by atoms with Crippen LogP contribution >= 0.6 is 0 Å². The minimum absolute atomic E-state index is 0.120. The van der Waals surface area contributed by atoms with E-state index in [4.69, 9.17) is 0 Å². The molecule has 0 radical (unpaired) electrons. The van der Waals surface area contributed by atoms with Gasteiger partial charge in [-0.25, -0.2) is 4.98 Å². The second-order valence-corrected chi connectivity index (χ2v) is 7.89. The molecule has 0 aliphatic heterocycles. The molecule has 3 aromatic rings. The van der Waals surface area contributed by atoms with Crippen LogP contribution in [0.1, 0.15) is 53.0 Å². The van der Waals surface area contributed by atoms with Crippen LogP contribution in [0.3, 0.4) is 0 Å². The molecule has 2 aromatic heterocycles. The van der Waals surface area contributed by atoms with Crippen molar-refractivity contribution in [3.05, 3.63) is 58.9 Å². The van der Waals surface area contributed by atoms with Gasteiger partial charge in [0.05, 0.1) is 16.6 Å². The molecule has 1 amide bonds. The van der Waals surface area contributed by atoms with Crippen LogP contribution in [0.5, 0.6) is 0 Å². The molecule has 4 rings (SSSR count). The first-order chi connectivity index (χ1) is 13.5. The molecule has 0 N–H and O–H groups in total. The Kier molecular flexibility index (Phi) is 5.16. The molecule has 0 saturated heterocycles. The zero-order valence-electron chi connectivity index (χ0n) is 17.0. The van der Waals surface area contributed by atoms with Gasteiger partial charge in [0.25, 0.3) is 5.91 Å². The summed E-state index contributed by atoms with van der Waals surface area (Å²) < 4.78 is 1.78. The van der Waals surface area contributed by atoms with E-state index in [9.17, 15) is 4.79 Å². The summed E-state index contributed by atoms with van der Waals surface area (Å²) in [6, 6.07) is 12.7. The second kappa shape index (κ2) is 7.74. The van der Waals surface area contributed by atoms with E-state index in [1.54, 1.807) is 4.68 Å². The smallest absolute Gasteiger partial charge is 0.254 e. The number of rotatable bonds is 5. The van der Waals surface area contributed by atoms with Crippen molar-refractivity contribution in [2.45, 2.75) is 52.0 Å². The van der Waals surface area contributed by atoms with Crippen molar-refractivity contribution >= 4 is 16.9 Å². The highest BCUT2D eigenvalue weighted by Crippen LogP contribution is 2.28. The predicted octanol–water partition coefficient (Wildman–Crippen LogP) is 4.21. The van der Waals surface area contributed by atoms with Gasteiger partial charge in [-0.1, -0.05) is 43.2 Å². The number of nitrogens with zero attached hydrogens (tertiary/aromatic N) is 4. The van der Waals surface area contributed by atoms with Gasteiger partial charge in [-0.05, 0) is 44.7 Å². The van der Waals surface area contributed by atoms with Crippen LogP contribution < -0.4 is 0 Å². The van der Waals surface area contributed by atoms with Gasteiger partial charge < -0.3 is 4.90 Å². The lowest BCUT2D eigenvalue weighted by Gasteiger charge is -2.29. The maximum atomic E-state index is 13.7. The molecular weight excluding hydrogens is 348 g/mol. The molecule has 5 nitrogen and oxygen atoms in total. The highest BCUT2D eigenvalue weighted by Gasteiger charge is 2.29. The molecule has 0 spiro atoms. The van der Waals surface area contributed by atoms with Gasteiger partial charge in [-0.3, -0.25) is 9.48 Å². The van der Waals surface area contributed by atoms with Crippen LogP contribution in [0.4, 0.5) is 0 Å². The van der Waals surface area contributed by atoms with E-state index < -0.39 is 0 Å². The summed E-state index contributed by atoms with van der Waals surface area (Å²) in [4.78, 5) is 20.5. The molecule has 1 aliphatic rings. The van der Waals surface area contributed by atoms with E-state index in [1.165, 1.54) is 18.4 Å². The first-order valence-electron chi connectivity index (χ1n) is 10.2. The van der Waals surface area contributed by atoms with Gasteiger partial charge in [-0.15, -0.1) is 0 Å². The van der Waals surface area contributed by atoms with E-state index in [1.807, 2.05) is 33.0 Å². The maximum absolute atomic E-state index is 13.7. The van der Waals surface area contributed by atoms with Crippen LogP contribution in [0, 0.1) is 13.8 Å². The maximum Gasteiger partial charge on any atom is 0.254 e. The number of carbonyl (C=O) groups excluding carboxylic acids is 1. The van der Waals surface area contributed by atoms with Crippen molar-refractivity contribution in [3.63, 3.8) is 0 Å². The summed E-state index contributed by atoms with van der Waals surface area (Å²) in [5.74, 6) is 0.120. The summed E-state index contributed by atoms with van der Waals surface area (Å²) in [5, 5.41) is 5.40. The number of fused-ring (bicyclic) bond motifs is 1. The first-order valence-corrected chi connectivity index (χ1v) is 10.2. The van der Waals surface area contributed by atoms with Crippen LogP contribution in [-0.2, 0) is 13.5 Å². The zero-order valence-corrected chi connectivity index (χ0v) is 17.0. The van der Waals surface area contributed by atoms with Gasteiger partial charge >= 0.3 is 0 Å². The van der Waals surface area contributed by atoms with Crippen LogP contribution in [-0.4, -0.2) is 38.2 Å². The molecule has 0 unspecified atom stereocenters. The fourth-order valence-electron chi connectivity index (χ4n) is 4.45. The molecule has 1 aromatic carbocycles. The summed E-state index contributed by atoms with van der Waals surface area (Å²) in [6.07, 6.45) is 5.48. The van der Waals surface area contributed by atoms with Crippen molar-refractivity contribution < 1.29 is 4.79 Å². The molecule has 28 heavy (non-hydrogen) atoms.